The zero-order valence-electron chi connectivity index (χ0n) is 13.3. The molecule has 20 heavy (non-hydrogen) atoms. The maximum Gasteiger partial charge on any atom is 0.214 e. The van der Waals surface area contributed by atoms with Crippen LogP contribution in [0.25, 0.3) is 0 Å². The Balaban J connectivity index is 2.54. The number of nitrogens with zero attached hydrogens (tertiary/aromatic N) is 1. The average molecular weight is 289 g/mol. The SMILES string of the molecule is CN(C)C(O)[C@H]1CC[C@H](N)[C@@H](NC(O)OC(C)(C)C)C1. The Kier molecular flexibility index (Phi) is 6.37. The van der Waals surface area contributed by atoms with Gasteiger partial charge in [-0.1, -0.05) is 0 Å². The Morgan fingerprint density at radius 1 is 1.25 bits per heavy atom. The smallest absolute Gasteiger partial charge is 0.214 e. The molecule has 0 aliphatic heterocycles. The number of aliphatic hydroxyl groups is 2. The molecule has 5 N–H and O–H groups in total. The summed E-state index contributed by atoms with van der Waals surface area (Å²) >= 11 is 0. The first-order valence-corrected chi connectivity index (χ1v) is 7.32. The molecule has 0 aromatic rings. The largest absolute Gasteiger partial charge is 0.378 e. The summed E-state index contributed by atoms with van der Waals surface area (Å²) < 4.78 is 5.45. The van der Waals surface area contributed by atoms with E-state index in [9.17, 15) is 10.2 Å². The Labute approximate surface area is 122 Å². The van der Waals surface area contributed by atoms with Crippen molar-refractivity contribution in [2.75, 3.05) is 14.1 Å². The fourth-order valence-corrected chi connectivity index (χ4v) is 2.66. The molecule has 0 spiro atoms. The van der Waals surface area contributed by atoms with Crippen molar-refractivity contribution in [3.8, 4) is 0 Å². The Bertz CT molecular complexity index is 294. The molecule has 1 fully saturated rings. The summed E-state index contributed by atoms with van der Waals surface area (Å²) in [7, 11) is 3.72. The second kappa shape index (κ2) is 7.15. The lowest BCUT2D eigenvalue weighted by atomic mass is 9.81. The minimum Gasteiger partial charge on any atom is -0.378 e. The maximum atomic E-state index is 10.1. The topological polar surface area (TPSA) is 91.0 Å². The molecule has 0 saturated heterocycles. The highest BCUT2D eigenvalue weighted by Crippen LogP contribution is 2.27. The van der Waals surface area contributed by atoms with E-state index < -0.39 is 18.2 Å². The second-order valence-corrected chi connectivity index (χ2v) is 6.97. The third-order valence-electron chi connectivity index (χ3n) is 3.72. The van der Waals surface area contributed by atoms with Crippen molar-refractivity contribution in [3.05, 3.63) is 0 Å². The van der Waals surface area contributed by atoms with Gasteiger partial charge in [-0.15, -0.1) is 0 Å². The van der Waals surface area contributed by atoms with Crippen LogP contribution in [0.4, 0.5) is 0 Å². The quantitative estimate of drug-likeness (QED) is 0.534. The van der Waals surface area contributed by atoms with E-state index in [1.54, 1.807) is 4.90 Å². The number of hydrogen-bond acceptors (Lipinski definition) is 6. The molecule has 5 atom stereocenters. The van der Waals surface area contributed by atoms with Gasteiger partial charge in [-0.3, -0.25) is 10.2 Å². The summed E-state index contributed by atoms with van der Waals surface area (Å²) in [5, 5.41) is 23.1. The zero-order valence-corrected chi connectivity index (χ0v) is 13.3. The summed E-state index contributed by atoms with van der Waals surface area (Å²) in [6.45, 7) is 5.66. The van der Waals surface area contributed by atoms with E-state index in [0.717, 1.165) is 19.3 Å². The van der Waals surface area contributed by atoms with Crippen LogP contribution in [0.15, 0.2) is 0 Å². The summed E-state index contributed by atoms with van der Waals surface area (Å²) in [5.74, 6) is 0.157. The molecule has 1 saturated carbocycles. The molecule has 120 valence electrons. The number of aliphatic hydroxyl groups excluding tert-OH is 2. The van der Waals surface area contributed by atoms with Gasteiger partial charge < -0.3 is 20.7 Å². The molecular formula is C14H31N3O3. The molecule has 1 rings (SSSR count). The third-order valence-corrected chi connectivity index (χ3v) is 3.72. The standard InChI is InChI=1S/C14H31N3O3/c1-14(2,3)20-13(19)16-11-8-9(6-7-10(11)15)12(18)17(4)5/h9-13,16,18-19H,6-8,15H2,1-5H3/t9-,10-,11-,12?,13?/m0/s1. The van der Waals surface area contributed by atoms with Gasteiger partial charge in [0.1, 0.15) is 6.23 Å². The summed E-state index contributed by atoms with van der Waals surface area (Å²) in [4.78, 5) is 1.81. The number of rotatable bonds is 5. The lowest BCUT2D eigenvalue weighted by molar-refractivity contribution is -0.188. The number of hydrogen-bond donors (Lipinski definition) is 4. The van der Waals surface area contributed by atoms with Crippen LogP contribution in [-0.2, 0) is 4.74 Å². The number of nitrogens with one attached hydrogen (secondary N) is 1. The fourth-order valence-electron chi connectivity index (χ4n) is 2.66. The van der Waals surface area contributed by atoms with E-state index >= 15 is 0 Å². The van der Waals surface area contributed by atoms with E-state index in [1.807, 2.05) is 34.9 Å². The predicted molar refractivity (Wildman–Crippen MR) is 78.8 cm³/mol. The Morgan fingerprint density at radius 2 is 1.85 bits per heavy atom. The van der Waals surface area contributed by atoms with Gasteiger partial charge in [0, 0.05) is 18.0 Å². The fraction of sp³-hybridized carbons (Fsp3) is 1.00. The first-order valence-electron chi connectivity index (χ1n) is 7.32. The van der Waals surface area contributed by atoms with E-state index in [1.165, 1.54) is 0 Å². The zero-order chi connectivity index (χ0) is 15.5. The molecule has 1 aliphatic carbocycles. The van der Waals surface area contributed by atoms with E-state index in [4.69, 9.17) is 10.5 Å². The minimum atomic E-state index is -1.04. The van der Waals surface area contributed by atoms with Crippen molar-refractivity contribution >= 4 is 0 Å². The van der Waals surface area contributed by atoms with Gasteiger partial charge in [0.25, 0.3) is 0 Å². The van der Waals surface area contributed by atoms with Crippen LogP contribution in [0.5, 0.6) is 0 Å². The monoisotopic (exact) mass is 289 g/mol. The normalized spacial score (nSPS) is 31.4. The first kappa shape index (κ1) is 17.8. The lowest BCUT2D eigenvalue weighted by Gasteiger charge is -2.39. The minimum absolute atomic E-state index is 0.0289. The van der Waals surface area contributed by atoms with E-state index in [-0.39, 0.29) is 18.0 Å². The van der Waals surface area contributed by atoms with E-state index in [0.29, 0.717) is 0 Å². The van der Waals surface area contributed by atoms with Crippen molar-refractivity contribution in [1.82, 2.24) is 10.2 Å². The molecule has 1 aliphatic rings. The van der Waals surface area contributed by atoms with Crippen LogP contribution in [0, 0.1) is 5.92 Å². The molecule has 2 unspecified atom stereocenters. The van der Waals surface area contributed by atoms with Gasteiger partial charge in [-0.25, -0.2) is 0 Å². The highest BCUT2D eigenvalue weighted by molar-refractivity contribution is 4.89. The van der Waals surface area contributed by atoms with Crippen molar-refractivity contribution < 1.29 is 14.9 Å². The average Bonchev–Trinajstić information content (AvgIpc) is 2.28. The Morgan fingerprint density at radius 3 is 2.35 bits per heavy atom. The molecule has 0 radical (unpaired) electrons. The summed E-state index contributed by atoms with van der Waals surface area (Å²) in [6.07, 6.45) is 0.934. The van der Waals surface area contributed by atoms with Gasteiger partial charge in [0.15, 0.2) is 0 Å². The molecular weight excluding hydrogens is 258 g/mol. The molecule has 0 aromatic carbocycles. The first-order chi connectivity index (χ1) is 9.10. The third kappa shape index (κ3) is 5.63. The van der Waals surface area contributed by atoms with Gasteiger partial charge in [-0.05, 0) is 54.1 Å². The van der Waals surface area contributed by atoms with Gasteiger partial charge >= 0.3 is 0 Å². The second-order valence-electron chi connectivity index (χ2n) is 6.97. The number of nitrogens with two attached hydrogens (primary N) is 1. The molecule has 0 heterocycles. The van der Waals surface area contributed by atoms with Crippen molar-refractivity contribution in [1.29, 1.82) is 0 Å². The van der Waals surface area contributed by atoms with Crippen LogP contribution in [0.3, 0.4) is 0 Å². The predicted octanol–water partition coefficient (Wildman–Crippen LogP) is 0.0430. The van der Waals surface area contributed by atoms with Gasteiger partial charge in [0.05, 0.1) is 5.60 Å². The maximum absolute atomic E-state index is 10.1. The van der Waals surface area contributed by atoms with Crippen LogP contribution in [0.2, 0.25) is 0 Å². The van der Waals surface area contributed by atoms with Crippen molar-refractivity contribution in [3.63, 3.8) is 0 Å². The van der Waals surface area contributed by atoms with Gasteiger partial charge in [-0.2, -0.15) is 0 Å². The summed E-state index contributed by atoms with van der Waals surface area (Å²) in [6, 6.07) is -0.0838. The highest BCUT2D eigenvalue weighted by Gasteiger charge is 2.34. The summed E-state index contributed by atoms with van der Waals surface area (Å²) in [5.41, 5.74) is 5.68. The van der Waals surface area contributed by atoms with Gasteiger partial charge in [0.2, 0.25) is 6.41 Å². The van der Waals surface area contributed by atoms with Crippen LogP contribution in [-0.4, -0.2) is 59.5 Å². The molecule has 0 amide bonds. The lowest BCUT2D eigenvalue weighted by Crippen LogP contribution is -2.55. The molecule has 0 bridgehead atoms. The Hall–Kier alpha value is -0.240. The molecule has 0 aromatic heterocycles. The molecule has 6 heteroatoms. The van der Waals surface area contributed by atoms with Crippen molar-refractivity contribution in [2.24, 2.45) is 11.7 Å². The number of ether oxygens (including phenoxy) is 1. The van der Waals surface area contributed by atoms with Crippen LogP contribution in [0.1, 0.15) is 40.0 Å². The highest BCUT2D eigenvalue weighted by atomic mass is 16.6. The van der Waals surface area contributed by atoms with E-state index in [2.05, 4.69) is 5.32 Å². The van der Waals surface area contributed by atoms with Crippen molar-refractivity contribution in [2.45, 2.75) is 70.4 Å². The molecule has 6 nitrogen and oxygen atoms in total. The van der Waals surface area contributed by atoms with Crippen LogP contribution >= 0.6 is 0 Å². The van der Waals surface area contributed by atoms with Crippen LogP contribution < -0.4 is 11.1 Å².